The molecule has 38 heavy (non-hydrogen) atoms. The number of aromatic nitrogens is 1. The summed E-state index contributed by atoms with van der Waals surface area (Å²) in [6.45, 7) is 1.10. The molecule has 0 spiro atoms. The molecule has 3 aliphatic heterocycles. The number of hydrogen-bond acceptors (Lipinski definition) is 10. The summed E-state index contributed by atoms with van der Waals surface area (Å²) >= 11 is 7.77. The zero-order valence-electron chi connectivity index (χ0n) is 20.5. The Morgan fingerprint density at radius 2 is 2.11 bits per heavy atom. The van der Waals surface area contributed by atoms with Gasteiger partial charge in [0.15, 0.2) is 16.4 Å². The van der Waals surface area contributed by atoms with Gasteiger partial charge in [-0.05, 0) is 17.7 Å². The van der Waals surface area contributed by atoms with E-state index in [0.29, 0.717) is 28.6 Å². The summed E-state index contributed by atoms with van der Waals surface area (Å²) < 4.78 is 24.0. The van der Waals surface area contributed by atoms with Crippen LogP contribution in [0.25, 0.3) is 0 Å². The van der Waals surface area contributed by atoms with E-state index < -0.39 is 29.3 Å². The second-order valence-corrected chi connectivity index (χ2v) is 10.2. The molecule has 1 aromatic heterocycles. The summed E-state index contributed by atoms with van der Waals surface area (Å²) in [5, 5.41) is 8.44. The molecule has 0 aliphatic carbocycles. The number of carbonyl (C=O) groups excluding carboxylic acids is 3. The fourth-order valence-electron chi connectivity index (χ4n) is 5.03. The molecule has 3 aliphatic rings. The molecule has 2 atom stereocenters. The van der Waals surface area contributed by atoms with Crippen LogP contribution in [0.1, 0.15) is 16.6 Å². The summed E-state index contributed by atoms with van der Waals surface area (Å²) in [7, 11) is 2.54. The van der Waals surface area contributed by atoms with E-state index in [1.165, 1.54) is 48.7 Å². The van der Waals surface area contributed by atoms with E-state index in [9.17, 15) is 18.8 Å². The van der Waals surface area contributed by atoms with Gasteiger partial charge in [-0.2, -0.15) is 0 Å². The number of nitrogens with one attached hydrogen (secondary N) is 2. The molecule has 200 valence electrons. The van der Waals surface area contributed by atoms with Gasteiger partial charge in [-0.25, -0.2) is 28.8 Å². The van der Waals surface area contributed by atoms with Gasteiger partial charge in [0, 0.05) is 42.8 Å². The quantitative estimate of drug-likeness (QED) is 0.510. The number of fused-ring (bicyclic) bond motifs is 1. The first kappa shape index (κ1) is 26.1. The number of amidine groups is 1. The minimum Gasteiger partial charge on any atom is -0.467 e. The Balaban J connectivity index is 1.58. The SMILES string of the molecule is COC(=O)C1=C(CN2CCN3C(=O)NC[C@@]3(C(=O)OC)C2)N=C(c2nccs2)N[C@H]1c1ccc(F)cc1Cl. The van der Waals surface area contributed by atoms with Crippen molar-refractivity contribution in [2.75, 3.05) is 46.9 Å². The van der Waals surface area contributed by atoms with Crippen molar-refractivity contribution >= 4 is 46.7 Å². The normalized spacial score (nSPS) is 23.4. The van der Waals surface area contributed by atoms with E-state index >= 15 is 0 Å². The second-order valence-electron chi connectivity index (χ2n) is 8.94. The minimum absolute atomic E-state index is 0.0981. The van der Waals surface area contributed by atoms with Crippen molar-refractivity contribution in [3.63, 3.8) is 0 Å². The van der Waals surface area contributed by atoms with Crippen molar-refractivity contribution in [1.29, 1.82) is 0 Å². The highest BCUT2D eigenvalue weighted by molar-refractivity contribution is 7.11. The van der Waals surface area contributed by atoms with Gasteiger partial charge in [-0.15, -0.1) is 11.3 Å². The highest BCUT2D eigenvalue weighted by Gasteiger charge is 2.55. The number of urea groups is 1. The fraction of sp³-hybridized carbons (Fsp3) is 0.375. The molecule has 0 bridgehead atoms. The number of aliphatic imine (C=N–C) groups is 1. The van der Waals surface area contributed by atoms with Gasteiger partial charge in [-0.3, -0.25) is 4.90 Å². The van der Waals surface area contributed by atoms with E-state index in [-0.39, 0.29) is 42.8 Å². The molecule has 11 nitrogen and oxygen atoms in total. The third-order valence-electron chi connectivity index (χ3n) is 6.80. The number of benzene rings is 1. The topological polar surface area (TPSA) is 125 Å². The monoisotopic (exact) mass is 562 g/mol. The van der Waals surface area contributed by atoms with Crippen LogP contribution in [0.5, 0.6) is 0 Å². The summed E-state index contributed by atoms with van der Waals surface area (Å²) in [6.07, 6.45) is 1.63. The highest BCUT2D eigenvalue weighted by Crippen LogP contribution is 2.36. The van der Waals surface area contributed by atoms with E-state index in [1.807, 2.05) is 4.90 Å². The molecule has 5 rings (SSSR count). The molecule has 0 saturated carbocycles. The van der Waals surface area contributed by atoms with Gasteiger partial charge in [0.05, 0.1) is 38.1 Å². The lowest BCUT2D eigenvalue weighted by atomic mass is 9.93. The number of hydrogen-bond donors (Lipinski definition) is 2. The van der Waals surface area contributed by atoms with Crippen LogP contribution in [0.4, 0.5) is 9.18 Å². The van der Waals surface area contributed by atoms with Gasteiger partial charge < -0.3 is 25.0 Å². The summed E-state index contributed by atoms with van der Waals surface area (Å²) in [5.74, 6) is -1.28. The van der Waals surface area contributed by atoms with Gasteiger partial charge in [-0.1, -0.05) is 17.7 Å². The second kappa shape index (κ2) is 10.3. The van der Waals surface area contributed by atoms with Gasteiger partial charge in [0.25, 0.3) is 0 Å². The smallest absolute Gasteiger partial charge is 0.338 e. The van der Waals surface area contributed by atoms with Crippen LogP contribution in [0.3, 0.4) is 0 Å². The van der Waals surface area contributed by atoms with E-state index in [0.717, 1.165) is 0 Å². The number of piperazine rings is 1. The molecule has 2 N–H and O–H groups in total. The number of nitrogens with zero attached hydrogens (tertiary/aromatic N) is 4. The van der Waals surface area contributed by atoms with Crippen LogP contribution in [0.2, 0.25) is 5.02 Å². The lowest BCUT2D eigenvalue weighted by molar-refractivity contribution is -0.155. The molecule has 2 saturated heterocycles. The number of rotatable bonds is 6. The summed E-state index contributed by atoms with van der Waals surface area (Å²) in [4.78, 5) is 50.8. The van der Waals surface area contributed by atoms with Gasteiger partial charge in [0.1, 0.15) is 5.82 Å². The number of amides is 2. The van der Waals surface area contributed by atoms with E-state index in [4.69, 9.17) is 26.1 Å². The standard InChI is InChI=1S/C24H24ClFN6O5S/c1-36-21(33)17-16(10-31-6-7-32-23(35)28-11-24(32,12-31)22(34)37-2)29-19(20-27-5-8-38-20)30-18(17)14-4-3-13(26)9-15(14)25/h3-5,8-9,18H,6-7,10-12H2,1-2H3,(H,28,35)(H,29,30)/t18-,24-/m0/s1. The molecule has 4 heterocycles. The third kappa shape index (κ3) is 4.50. The largest absolute Gasteiger partial charge is 0.467 e. The molecule has 2 fully saturated rings. The minimum atomic E-state index is -1.20. The summed E-state index contributed by atoms with van der Waals surface area (Å²) in [5.41, 5.74) is -0.186. The number of esters is 2. The Kier molecular flexibility index (Phi) is 7.07. The summed E-state index contributed by atoms with van der Waals surface area (Å²) in [6, 6.07) is 2.79. The number of thiazole rings is 1. The highest BCUT2D eigenvalue weighted by atomic mass is 35.5. The number of carbonyl (C=O) groups is 3. The molecule has 1 aromatic carbocycles. The maximum Gasteiger partial charge on any atom is 0.338 e. The first-order valence-electron chi connectivity index (χ1n) is 11.6. The Morgan fingerprint density at radius 1 is 1.29 bits per heavy atom. The zero-order chi connectivity index (χ0) is 27.0. The predicted molar refractivity (Wildman–Crippen MR) is 136 cm³/mol. The number of methoxy groups -OCH3 is 2. The lowest BCUT2D eigenvalue weighted by Gasteiger charge is -2.43. The lowest BCUT2D eigenvalue weighted by Crippen LogP contribution is -2.65. The molecule has 0 unspecified atom stereocenters. The average molecular weight is 563 g/mol. The van der Waals surface area contributed by atoms with Crippen molar-refractivity contribution in [1.82, 2.24) is 25.4 Å². The maximum atomic E-state index is 13.9. The van der Waals surface area contributed by atoms with Crippen LogP contribution in [0, 0.1) is 5.82 Å². The fourth-order valence-corrected chi connectivity index (χ4v) is 5.89. The van der Waals surface area contributed by atoms with E-state index in [1.54, 1.807) is 11.6 Å². The molecular weight excluding hydrogens is 539 g/mol. The zero-order valence-corrected chi connectivity index (χ0v) is 22.1. The average Bonchev–Trinajstić information content (AvgIpc) is 3.56. The van der Waals surface area contributed by atoms with Crippen molar-refractivity contribution in [2.24, 2.45) is 4.99 Å². The van der Waals surface area contributed by atoms with Crippen LogP contribution in [0.15, 0.2) is 46.0 Å². The van der Waals surface area contributed by atoms with Crippen LogP contribution >= 0.6 is 22.9 Å². The molecule has 0 radical (unpaired) electrons. The van der Waals surface area contributed by atoms with E-state index in [2.05, 4.69) is 15.6 Å². The Hall–Kier alpha value is -3.55. The van der Waals surface area contributed by atoms with Crippen molar-refractivity contribution in [3.8, 4) is 0 Å². The van der Waals surface area contributed by atoms with Crippen molar-refractivity contribution in [3.05, 3.63) is 62.5 Å². The van der Waals surface area contributed by atoms with Gasteiger partial charge in [0.2, 0.25) is 0 Å². The van der Waals surface area contributed by atoms with Crippen LogP contribution < -0.4 is 10.6 Å². The predicted octanol–water partition coefficient (Wildman–Crippen LogP) is 1.71. The third-order valence-corrected chi connectivity index (χ3v) is 7.91. The maximum absolute atomic E-state index is 13.9. The molecular formula is C24H24ClFN6O5S. The Labute approximate surface area is 226 Å². The van der Waals surface area contributed by atoms with Crippen LogP contribution in [-0.4, -0.2) is 91.1 Å². The van der Waals surface area contributed by atoms with Crippen molar-refractivity contribution < 1.29 is 28.2 Å². The number of halogens is 2. The first-order valence-corrected chi connectivity index (χ1v) is 12.9. The Bertz CT molecular complexity index is 1350. The van der Waals surface area contributed by atoms with Crippen molar-refractivity contribution in [2.45, 2.75) is 11.6 Å². The molecule has 2 aromatic rings. The molecule has 2 amide bonds. The number of ether oxygens (including phenoxy) is 2. The van der Waals surface area contributed by atoms with Crippen LogP contribution in [-0.2, 0) is 19.1 Å². The Morgan fingerprint density at radius 3 is 2.79 bits per heavy atom. The van der Waals surface area contributed by atoms with Gasteiger partial charge >= 0.3 is 18.0 Å². The molecule has 14 heteroatoms. The first-order chi connectivity index (χ1) is 18.3.